The molecule has 2 aromatic heterocycles. The molecular formula is C11H10ClN3. The summed E-state index contributed by atoms with van der Waals surface area (Å²) in [5.74, 6) is 0.573. The van der Waals surface area contributed by atoms with Gasteiger partial charge in [-0.3, -0.25) is 4.98 Å². The quantitative estimate of drug-likeness (QED) is 0.693. The highest BCUT2D eigenvalue weighted by atomic mass is 35.5. The summed E-state index contributed by atoms with van der Waals surface area (Å²) in [6.45, 7) is 3.81. The Hall–Kier alpha value is -1.48. The molecule has 0 amide bonds. The van der Waals surface area contributed by atoms with Gasteiger partial charge < -0.3 is 0 Å². The van der Waals surface area contributed by atoms with Gasteiger partial charge >= 0.3 is 0 Å². The second-order valence-corrected chi connectivity index (χ2v) is 3.62. The highest BCUT2D eigenvalue weighted by molar-refractivity contribution is 6.30. The van der Waals surface area contributed by atoms with Crippen molar-refractivity contribution in [3.05, 3.63) is 40.8 Å². The lowest BCUT2D eigenvalue weighted by Crippen LogP contribution is -1.97. The van der Waals surface area contributed by atoms with Crippen molar-refractivity contribution >= 4 is 11.6 Å². The zero-order valence-corrected chi connectivity index (χ0v) is 9.28. The molecule has 0 fully saturated rings. The van der Waals surface area contributed by atoms with Gasteiger partial charge in [-0.1, -0.05) is 17.7 Å². The fourth-order valence-corrected chi connectivity index (χ4v) is 1.42. The second kappa shape index (κ2) is 3.95. The molecule has 0 unspecified atom stereocenters. The van der Waals surface area contributed by atoms with Crippen molar-refractivity contribution in [2.75, 3.05) is 0 Å². The van der Waals surface area contributed by atoms with Crippen molar-refractivity contribution in [1.29, 1.82) is 0 Å². The van der Waals surface area contributed by atoms with Gasteiger partial charge in [-0.15, -0.1) is 0 Å². The van der Waals surface area contributed by atoms with Crippen LogP contribution in [0.1, 0.15) is 11.3 Å². The first-order chi connectivity index (χ1) is 7.18. The van der Waals surface area contributed by atoms with Gasteiger partial charge in [-0.25, -0.2) is 9.97 Å². The van der Waals surface area contributed by atoms with Gasteiger partial charge in [0.2, 0.25) is 0 Å². The van der Waals surface area contributed by atoms with Crippen molar-refractivity contribution < 1.29 is 0 Å². The Morgan fingerprint density at radius 3 is 2.53 bits per heavy atom. The van der Waals surface area contributed by atoms with Crippen LogP contribution in [0.15, 0.2) is 24.4 Å². The topological polar surface area (TPSA) is 38.7 Å². The van der Waals surface area contributed by atoms with E-state index < -0.39 is 0 Å². The minimum absolute atomic E-state index is 0.489. The Balaban J connectivity index is 2.56. The van der Waals surface area contributed by atoms with E-state index in [1.165, 1.54) is 0 Å². The average Bonchev–Trinajstić information content (AvgIpc) is 2.26. The van der Waals surface area contributed by atoms with E-state index in [0.29, 0.717) is 11.0 Å². The SMILES string of the molecule is Cc1nc(-c2ccccn2)nc(Cl)c1C. The predicted octanol–water partition coefficient (Wildman–Crippen LogP) is 2.81. The van der Waals surface area contributed by atoms with Gasteiger partial charge in [0.05, 0.1) is 0 Å². The van der Waals surface area contributed by atoms with Gasteiger partial charge in [-0.2, -0.15) is 0 Å². The fraction of sp³-hybridized carbons (Fsp3) is 0.182. The first-order valence-corrected chi connectivity index (χ1v) is 4.98. The van der Waals surface area contributed by atoms with Gasteiger partial charge in [0.1, 0.15) is 10.8 Å². The van der Waals surface area contributed by atoms with Crippen molar-refractivity contribution in [3.8, 4) is 11.5 Å². The zero-order valence-electron chi connectivity index (χ0n) is 8.53. The van der Waals surface area contributed by atoms with Crippen LogP contribution in [0.4, 0.5) is 0 Å². The highest BCUT2D eigenvalue weighted by Crippen LogP contribution is 2.19. The molecule has 0 aliphatic carbocycles. The molecule has 0 spiro atoms. The summed E-state index contributed by atoms with van der Waals surface area (Å²) in [6, 6.07) is 5.61. The first-order valence-electron chi connectivity index (χ1n) is 4.60. The molecule has 15 heavy (non-hydrogen) atoms. The molecule has 0 aliphatic rings. The Bertz CT molecular complexity index is 459. The number of aromatic nitrogens is 3. The summed E-state index contributed by atoms with van der Waals surface area (Å²) in [6.07, 6.45) is 1.71. The van der Waals surface area contributed by atoms with Crippen LogP contribution in [0, 0.1) is 13.8 Å². The van der Waals surface area contributed by atoms with Crippen LogP contribution in [0.3, 0.4) is 0 Å². The number of hydrogen-bond donors (Lipinski definition) is 0. The Morgan fingerprint density at radius 2 is 1.93 bits per heavy atom. The normalized spacial score (nSPS) is 10.3. The lowest BCUT2D eigenvalue weighted by atomic mass is 10.2. The molecule has 0 bridgehead atoms. The molecule has 0 saturated heterocycles. The van der Waals surface area contributed by atoms with Crippen molar-refractivity contribution in [3.63, 3.8) is 0 Å². The summed E-state index contributed by atoms with van der Waals surface area (Å²) in [4.78, 5) is 12.7. The highest BCUT2D eigenvalue weighted by Gasteiger charge is 2.07. The van der Waals surface area contributed by atoms with Crippen LogP contribution in [0.5, 0.6) is 0 Å². The predicted molar refractivity (Wildman–Crippen MR) is 59.7 cm³/mol. The maximum Gasteiger partial charge on any atom is 0.179 e. The fourth-order valence-electron chi connectivity index (χ4n) is 1.20. The monoisotopic (exact) mass is 219 g/mol. The van der Waals surface area contributed by atoms with E-state index in [1.54, 1.807) is 6.20 Å². The van der Waals surface area contributed by atoms with Crippen molar-refractivity contribution in [2.24, 2.45) is 0 Å². The summed E-state index contributed by atoms with van der Waals surface area (Å²) in [7, 11) is 0. The summed E-state index contributed by atoms with van der Waals surface area (Å²) >= 11 is 5.99. The van der Waals surface area contributed by atoms with Gasteiger partial charge in [0.25, 0.3) is 0 Å². The molecule has 4 heteroatoms. The van der Waals surface area contributed by atoms with Crippen molar-refractivity contribution in [2.45, 2.75) is 13.8 Å². The summed E-state index contributed by atoms with van der Waals surface area (Å²) in [5.41, 5.74) is 2.54. The van der Waals surface area contributed by atoms with Gasteiger partial charge in [0, 0.05) is 17.5 Å². The van der Waals surface area contributed by atoms with E-state index in [4.69, 9.17) is 11.6 Å². The lowest BCUT2D eigenvalue weighted by molar-refractivity contribution is 1.06. The van der Waals surface area contributed by atoms with Crippen LogP contribution >= 0.6 is 11.6 Å². The van der Waals surface area contributed by atoms with Crippen LogP contribution in [0.2, 0.25) is 5.15 Å². The molecule has 0 radical (unpaired) electrons. The zero-order chi connectivity index (χ0) is 10.8. The molecule has 0 saturated carbocycles. The number of aryl methyl sites for hydroxylation is 1. The van der Waals surface area contributed by atoms with E-state index in [-0.39, 0.29) is 0 Å². The number of nitrogens with zero attached hydrogens (tertiary/aromatic N) is 3. The van der Waals surface area contributed by atoms with E-state index in [1.807, 2.05) is 32.0 Å². The Morgan fingerprint density at radius 1 is 1.13 bits per heavy atom. The molecule has 2 rings (SSSR count). The van der Waals surface area contributed by atoms with Crippen LogP contribution in [-0.2, 0) is 0 Å². The van der Waals surface area contributed by atoms with Gasteiger partial charge in [0.15, 0.2) is 5.82 Å². The van der Waals surface area contributed by atoms with E-state index in [9.17, 15) is 0 Å². The summed E-state index contributed by atoms with van der Waals surface area (Å²) < 4.78 is 0. The van der Waals surface area contributed by atoms with E-state index in [2.05, 4.69) is 15.0 Å². The first kappa shape index (κ1) is 10.1. The third-order valence-corrected chi connectivity index (χ3v) is 2.59. The van der Waals surface area contributed by atoms with Gasteiger partial charge in [-0.05, 0) is 26.0 Å². The van der Waals surface area contributed by atoms with Crippen LogP contribution in [0.25, 0.3) is 11.5 Å². The summed E-state index contributed by atoms with van der Waals surface area (Å²) in [5, 5.41) is 0.489. The number of rotatable bonds is 1. The van der Waals surface area contributed by atoms with Crippen LogP contribution in [-0.4, -0.2) is 15.0 Å². The Kier molecular flexibility index (Phi) is 2.64. The maximum atomic E-state index is 5.99. The molecule has 2 aromatic rings. The Labute approximate surface area is 93.2 Å². The van der Waals surface area contributed by atoms with Crippen molar-refractivity contribution in [1.82, 2.24) is 15.0 Å². The van der Waals surface area contributed by atoms with E-state index >= 15 is 0 Å². The number of pyridine rings is 1. The molecule has 0 atom stereocenters. The smallest absolute Gasteiger partial charge is 0.179 e. The largest absolute Gasteiger partial charge is 0.253 e. The maximum absolute atomic E-state index is 5.99. The molecule has 0 aromatic carbocycles. The minimum Gasteiger partial charge on any atom is -0.253 e. The molecule has 3 nitrogen and oxygen atoms in total. The molecule has 0 N–H and O–H groups in total. The van der Waals surface area contributed by atoms with E-state index in [0.717, 1.165) is 17.0 Å². The van der Waals surface area contributed by atoms with Crippen LogP contribution < -0.4 is 0 Å². The third-order valence-electron chi connectivity index (χ3n) is 2.22. The molecular weight excluding hydrogens is 210 g/mol. The lowest BCUT2D eigenvalue weighted by Gasteiger charge is -2.04. The molecule has 76 valence electrons. The minimum atomic E-state index is 0.489. The molecule has 0 aliphatic heterocycles. The molecule has 2 heterocycles. The number of halogens is 1. The standard InChI is InChI=1S/C11H10ClN3/c1-7-8(2)14-11(15-10(7)12)9-5-3-4-6-13-9/h3-6H,1-2H3. The third kappa shape index (κ3) is 1.97. The average molecular weight is 220 g/mol. The number of hydrogen-bond acceptors (Lipinski definition) is 3. The second-order valence-electron chi connectivity index (χ2n) is 3.26.